The molecule has 0 saturated carbocycles. The van der Waals surface area contributed by atoms with Crippen molar-refractivity contribution in [2.24, 2.45) is 0 Å². The predicted octanol–water partition coefficient (Wildman–Crippen LogP) is 1.73. The number of halogens is 1. The molecule has 2 aromatic rings. The summed E-state index contributed by atoms with van der Waals surface area (Å²) >= 11 is 5.64. The van der Waals surface area contributed by atoms with Crippen LogP contribution in [0, 0.1) is 0 Å². The average Bonchev–Trinajstić information content (AvgIpc) is 2.76. The van der Waals surface area contributed by atoms with E-state index in [4.69, 9.17) is 11.6 Å². The fourth-order valence-corrected chi connectivity index (χ4v) is 2.75. The zero-order chi connectivity index (χ0) is 14.0. The summed E-state index contributed by atoms with van der Waals surface area (Å²) in [6.07, 6.45) is 2.45. The lowest BCUT2D eigenvalue weighted by Gasteiger charge is -2.06. The number of carbonyl (C=O) groups is 1. The molecule has 1 N–H and O–H groups in total. The highest BCUT2D eigenvalue weighted by atomic mass is 35.5. The Kier molecular flexibility index (Phi) is 3.59. The van der Waals surface area contributed by atoms with Crippen LogP contribution in [0.15, 0.2) is 41.6 Å². The summed E-state index contributed by atoms with van der Waals surface area (Å²) in [6.45, 7) is 1.37. The van der Waals surface area contributed by atoms with Crippen molar-refractivity contribution in [1.29, 1.82) is 0 Å². The van der Waals surface area contributed by atoms with E-state index in [0.29, 0.717) is 5.69 Å². The van der Waals surface area contributed by atoms with Crippen LogP contribution in [0.3, 0.4) is 0 Å². The van der Waals surface area contributed by atoms with Crippen LogP contribution in [0.1, 0.15) is 6.92 Å². The minimum absolute atomic E-state index is 0.0568. The van der Waals surface area contributed by atoms with E-state index in [2.05, 4.69) is 10.4 Å². The van der Waals surface area contributed by atoms with Gasteiger partial charge in [0.1, 0.15) is 0 Å². The molecule has 0 aliphatic heterocycles. The number of nitrogens with zero attached hydrogens (tertiary/aromatic N) is 2. The number of carbonyl (C=O) groups excluding carboxylic acids is 1. The van der Waals surface area contributed by atoms with Gasteiger partial charge in [0.25, 0.3) is 10.0 Å². The van der Waals surface area contributed by atoms with E-state index in [1.54, 1.807) is 0 Å². The molecule has 1 amide bonds. The monoisotopic (exact) mass is 299 g/mol. The summed E-state index contributed by atoms with van der Waals surface area (Å²) in [4.78, 5) is 10.9. The van der Waals surface area contributed by atoms with E-state index < -0.39 is 10.0 Å². The molecular formula is C11H10ClN3O3S. The molecule has 0 fully saturated rings. The molecule has 1 aromatic heterocycles. The number of aromatic nitrogens is 2. The molecule has 2 rings (SSSR count). The zero-order valence-corrected chi connectivity index (χ0v) is 11.4. The molecule has 0 bridgehead atoms. The molecule has 0 unspecified atom stereocenters. The van der Waals surface area contributed by atoms with E-state index >= 15 is 0 Å². The Balaban J connectivity index is 2.34. The number of amides is 1. The van der Waals surface area contributed by atoms with Crippen LogP contribution in [-0.2, 0) is 14.8 Å². The minimum atomic E-state index is -3.75. The number of hydrogen-bond acceptors (Lipinski definition) is 4. The SMILES string of the molecule is CC(=O)Nc1ccc(S(=O)(=O)n2cc(Cl)cn2)cc1. The van der Waals surface area contributed by atoms with Gasteiger partial charge in [0, 0.05) is 12.6 Å². The number of anilines is 1. The second-order valence-corrected chi connectivity index (χ2v) is 5.97. The molecule has 0 atom stereocenters. The first kappa shape index (κ1) is 13.6. The molecule has 0 aliphatic rings. The number of benzene rings is 1. The van der Waals surface area contributed by atoms with Crippen LogP contribution >= 0.6 is 11.6 Å². The highest BCUT2D eigenvalue weighted by Crippen LogP contribution is 2.18. The lowest BCUT2D eigenvalue weighted by atomic mass is 10.3. The zero-order valence-electron chi connectivity index (χ0n) is 9.87. The molecule has 1 heterocycles. The lowest BCUT2D eigenvalue weighted by Crippen LogP contribution is -2.13. The quantitative estimate of drug-likeness (QED) is 0.936. The smallest absolute Gasteiger partial charge is 0.282 e. The van der Waals surface area contributed by atoms with Gasteiger partial charge in [-0.1, -0.05) is 11.6 Å². The van der Waals surface area contributed by atoms with Gasteiger partial charge in [-0.2, -0.15) is 17.6 Å². The molecule has 0 radical (unpaired) electrons. The van der Waals surface area contributed by atoms with Gasteiger partial charge < -0.3 is 5.32 Å². The largest absolute Gasteiger partial charge is 0.326 e. The second kappa shape index (κ2) is 5.02. The Hall–Kier alpha value is -1.86. The Labute approximate surface area is 115 Å². The Morgan fingerprint density at radius 3 is 2.42 bits per heavy atom. The van der Waals surface area contributed by atoms with Crippen molar-refractivity contribution in [3.05, 3.63) is 41.7 Å². The standard InChI is InChI=1S/C11H10ClN3O3S/c1-8(16)14-10-2-4-11(5-3-10)19(17,18)15-7-9(12)6-13-15/h2-7H,1H3,(H,14,16). The average molecular weight is 300 g/mol. The van der Waals surface area contributed by atoms with Gasteiger partial charge in [0.05, 0.1) is 22.3 Å². The van der Waals surface area contributed by atoms with E-state index in [9.17, 15) is 13.2 Å². The maximum atomic E-state index is 12.1. The summed E-state index contributed by atoms with van der Waals surface area (Å²) < 4.78 is 25.1. The first-order valence-corrected chi connectivity index (χ1v) is 7.05. The van der Waals surface area contributed by atoms with E-state index in [1.807, 2.05) is 0 Å². The summed E-state index contributed by atoms with van der Waals surface area (Å²) in [7, 11) is -3.75. The van der Waals surface area contributed by atoms with E-state index in [0.717, 1.165) is 4.09 Å². The van der Waals surface area contributed by atoms with Crippen molar-refractivity contribution in [3.8, 4) is 0 Å². The van der Waals surface area contributed by atoms with Crippen molar-refractivity contribution in [2.75, 3.05) is 5.32 Å². The van der Waals surface area contributed by atoms with E-state index in [-0.39, 0.29) is 15.8 Å². The molecular weight excluding hydrogens is 290 g/mol. The fraction of sp³-hybridized carbons (Fsp3) is 0.0909. The van der Waals surface area contributed by atoms with Crippen molar-refractivity contribution < 1.29 is 13.2 Å². The Morgan fingerprint density at radius 1 is 1.32 bits per heavy atom. The molecule has 100 valence electrons. The third kappa shape index (κ3) is 2.94. The van der Waals surface area contributed by atoms with Gasteiger partial charge in [-0.3, -0.25) is 4.79 Å². The van der Waals surface area contributed by atoms with Gasteiger partial charge in [-0.25, -0.2) is 0 Å². The minimum Gasteiger partial charge on any atom is -0.326 e. The van der Waals surface area contributed by atoms with Crippen molar-refractivity contribution in [2.45, 2.75) is 11.8 Å². The fourth-order valence-electron chi connectivity index (χ4n) is 1.44. The Morgan fingerprint density at radius 2 is 1.95 bits per heavy atom. The predicted molar refractivity (Wildman–Crippen MR) is 70.6 cm³/mol. The lowest BCUT2D eigenvalue weighted by molar-refractivity contribution is -0.114. The summed E-state index contributed by atoms with van der Waals surface area (Å²) in [6, 6.07) is 5.77. The van der Waals surface area contributed by atoms with Gasteiger partial charge in [0.2, 0.25) is 5.91 Å². The van der Waals surface area contributed by atoms with Crippen LogP contribution in [0.25, 0.3) is 0 Å². The van der Waals surface area contributed by atoms with Crippen molar-refractivity contribution in [3.63, 3.8) is 0 Å². The molecule has 8 heteroatoms. The topological polar surface area (TPSA) is 81.1 Å². The highest BCUT2D eigenvalue weighted by Gasteiger charge is 2.17. The van der Waals surface area contributed by atoms with Gasteiger partial charge in [0.15, 0.2) is 0 Å². The highest BCUT2D eigenvalue weighted by molar-refractivity contribution is 7.89. The first-order chi connectivity index (χ1) is 8.89. The third-order valence-electron chi connectivity index (χ3n) is 2.25. The molecule has 19 heavy (non-hydrogen) atoms. The van der Waals surface area contributed by atoms with Crippen molar-refractivity contribution >= 4 is 33.2 Å². The second-order valence-electron chi connectivity index (χ2n) is 3.74. The van der Waals surface area contributed by atoms with Gasteiger partial charge >= 0.3 is 0 Å². The van der Waals surface area contributed by atoms with Crippen LogP contribution in [0.4, 0.5) is 5.69 Å². The number of rotatable bonds is 3. The van der Waals surface area contributed by atoms with Gasteiger partial charge in [-0.05, 0) is 24.3 Å². The maximum absolute atomic E-state index is 12.1. The molecule has 1 aromatic carbocycles. The maximum Gasteiger partial charge on any atom is 0.282 e. The Bertz CT molecular complexity index is 707. The summed E-state index contributed by atoms with van der Waals surface area (Å²) in [5.74, 6) is -0.227. The third-order valence-corrected chi connectivity index (χ3v) is 4.00. The van der Waals surface area contributed by atoms with Gasteiger partial charge in [-0.15, -0.1) is 0 Å². The molecule has 0 saturated heterocycles. The summed E-state index contributed by atoms with van der Waals surface area (Å²) in [5.41, 5.74) is 0.518. The normalized spacial score (nSPS) is 11.3. The first-order valence-electron chi connectivity index (χ1n) is 5.23. The summed E-state index contributed by atoms with van der Waals surface area (Å²) in [5, 5.41) is 6.45. The van der Waals surface area contributed by atoms with Crippen LogP contribution < -0.4 is 5.32 Å². The van der Waals surface area contributed by atoms with Crippen LogP contribution in [-0.4, -0.2) is 23.5 Å². The molecule has 6 nitrogen and oxygen atoms in total. The number of hydrogen-bond donors (Lipinski definition) is 1. The molecule has 0 aliphatic carbocycles. The van der Waals surface area contributed by atoms with E-state index in [1.165, 1.54) is 43.6 Å². The molecule has 0 spiro atoms. The van der Waals surface area contributed by atoms with Crippen LogP contribution in [0.2, 0.25) is 5.02 Å². The van der Waals surface area contributed by atoms with Crippen LogP contribution in [0.5, 0.6) is 0 Å². The van der Waals surface area contributed by atoms with Crippen molar-refractivity contribution in [1.82, 2.24) is 9.19 Å². The number of nitrogens with one attached hydrogen (secondary N) is 1.